The molecule has 7 nitrogen and oxygen atoms in total. The second-order valence-electron chi connectivity index (χ2n) is 8.34. The van der Waals surface area contributed by atoms with Crippen molar-refractivity contribution in [1.29, 1.82) is 0 Å². The van der Waals surface area contributed by atoms with E-state index in [2.05, 4.69) is 43.4 Å². The van der Waals surface area contributed by atoms with Gasteiger partial charge in [0.15, 0.2) is 0 Å². The highest BCUT2D eigenvalue weighted by Crippen LogP contribution is 2.41. The number of carbonyl (C=O) groups is 1. The van der Waals surface area contributed by atoms with Crippen LogP contribution in [0.4, 0.5) is 0 Å². The summed E-state index contributed by atoms with van der Waals surface area (Å²) in [5.74, 6) is 1.12. The molecule has 1 amide bonds. The number of hydrogen-bond acceptors (Lipinski definition) is 6. The number of pyridine rings is 1. The van der Waals surface area contributed by atoms with E-state index in [1.807, 2.05) is 30.6 Å². The zero-order valence-electron chi connectivity index (χ0n) is 17.3. The van der Waals surface area contributed by atoms with Gasteiger partial charge in [-0.1, -0.05) is 12.1 Å². The van der Waals surface area contributed by atoms with E-state index >= 15 is 0 Å². The molecule has 2 aliphatic heterocycles. The van der Waals surface area contributed by atoms with Crippen molar-refractivity contribution in [3.63, 3.8) is 0 Å². The van der Waals surface area contributed by atoms with Crippen molar-refractivity contribution in [3.8, 4) is 11.8 Å². The van der Waals surface area contributed by atoms with Crippen LogP contribution in [0.2, 0.25) is 0 Å². The third kappa shape index (κ3) is 4.27. The van der Waals surface area contributed by atoms with E-state index in [0.717, 1.165) is 38.0 Å². The van der Waals surface area contributed by atoms with E-state index in [0.29, 0.717) is 18.2 Å². The molecule has 2 fully saturated rings. The van der Waals surface area contributed by atoms with Gasteiger partial charge in [-0.25, -0.2) is 9.97 Å². The van der Waals surface area contributed by atoms with Crippen LogP contribution < -0.4 is 10.1 Å². The topological polar surface area (TPSA) is 80.2 Å². The summed E-state index contributed by atoms with van der Waals surface area (Å²) in [6.07, 6.45) is 9.54. The highest BCUT2D eigenvalue weighted by Gasteiger charge is 2.49. The molecule has 0 unspecified atom stereocenters. The number of rotatable bonds is 5. The molecular formula is C24H25N5O2. The quantitative estimate of drug-likeness (QED) is 0.689. The van der Waals surface area contributed by atoms with Crippen LogP contribution in [0.1, 0.15) is 36.3 Å². The first-order valence-electron chi connectivity index (χ1n) is 10.7. The van der Waals surface area contributed by atoms with E-state index in [4.69, 9.17) is 4.74 Å². The standard InChI is InChI=1S/C24H25N5O2/c30-22-6-2-9-24(28-22)17-29(16-21(24)19-7-12-25-13-8-19)15-18-4-1-5-20(14-18)31-23-26-10-3-11-27-23/h1,3-5,7-8,10-14,21H,2,6,9,15-17H2,(H,28,30)/t21-,24+/m0/s1. The number of ether oxygens (including phenoxy) is 1. The zero-order valence-corrected chi connectivity index (χ0v) is 17.3. The van der Waals surface area contributed by atoms with Gasteiger partial charge in [0.05, 0.1) is 5.54 Å². The lowest BCUT2D eigenvalue weighted by atomic mass is 9.77. The molecule has 1 N–H and O–H groups in total. The largest absolute Gasteiger partial charge is 0.424 e. The normalized spacial score (nSPS) is 23.6. The van der Waals surface area contributed by atoms with E-state index in [9.17, 15) is 4.79 Å². The fourth-order valence-corrected chi connectivity index (χ4v) is 4.90. The minimum atomic E-state index is -0.220. The number of hydrogen-bond donors (Lipinski definition) is 1. The predicted octanol–water partition coefficient (Wildman–Crippen LogP) is 3.30. The summed E-state index contributed by atoms with van der Waals surface area (Å²) in [7, 11) is 0. The molecule has 3 aromatic rings. The summed E-state index contributed by atoms with van der Waals surface area (Å²) in [6, 6.07) is 14.3. The lowest BCUT2D eigenvalue weighted by molar-refractivity contribution is -0.125. The van der Waals surface area contributed by atoms with Crippen LogP contribution in [0.3, 0.4) is 0 Å². The summed E-state index contributed by atoms with van der Waals surface area (Å²) in [6.45, 7) is 2.50. The van der Waals surface area contributed by atoms with Crippen molar-refractivity contribution in [1.82, 2.24) is 25.2 Å². The zero-order chi connectivity index (χ0) is 21.1. The molecule has 0 bridgehead atoms. The van der Waals surface area contributed by atoms with E-state index in [1.54, 1.807) is 18.5 Å². The maximum absolute atomic E-state index is 12.3. The van der Waals surface area contributed by atoms with Gasteiger partial charge in [-0.05, 0) is 54.3 Å². The highest BCUT2D eigenvalue weighted by molar-refractivity contribution is 5.78. The number of carbonyl (C=O) groups excluding carboxylic acids is 1. The van der Waals surface area contributed by atoms with Crippen LogP contribution in [0.15, 0.2) is 67.3 Å². The summed E-state index contributed by atoms with van der Waals surface area (Å²) in [4.78, 5) is 27.2. The van der Waals surface area contributed by atoms with Crippen LogP contribution in [-0.4, -0.2) is 44.4 Å². The maximum Gasteiger partial charge on any atom is 0.321 e. The number of aromatic nitrogens is 3. The number of nitrogens with one attached hydrogen (secondary N) is 1. The Morgan fingerprint density at radius 3 is 2.74 bits per heavy atom. The molecule has 7 heteroatoms. The number of amides is 1. The fraction of sp³-hybridized carbons (Fsp3) is 0.333. The third-order valence-electron chi connectivity index (χ3n) is 6.19. The van der Waals surface area contributed by atoms with Gasteiger partial charge >= 0.3 is 6.01 Å². The minimum Gasteiger partial charge on any atom is -0.424 e. The van der Waals surface area contributed by atoms with Gasteiger partial charge in [0.2, 0.25) is 5.91 Å². The van der Waals surface area contributed by atoms with E-state index in [-0.39, 0.29) is 17.4 Å². The monoisotopic (exact) mass is 415 g/mol. The summed E-state index contributed by atoms with van der Waals surface area (Å²) in [5.41, 5.74) is 2.17. The second-order valence-corrected chi connectivity index (χ2v) is 8.34. The molecule has 1 aromatic carbocycles. The third-order valence-corrected chi connectivity index (χ3v) is 6.19. The minimum absolute atomic E-state index is 0.158. The van der Waals surface area contributed by atoms with Crippen molar-refractivity contribution in [3.05, 3.63) is 78.4 Å². The Balaban J connectivity index is 1.35. The number of nitrogens with zero attached hydrogens (tertiary/aromatic N) is 4. The molecule has 5 rings (SSSR count). The van der Waals surface area contributed by atoms with Crippen molar-refractivity contribution >= 4 is 5.91 Å². The predicted molar refractivity (Wildman–Crippen MR) is 116 cm³/mol. The molecule has 4 heterocycles. The number of likely N-dealkylation sites (tertiary alicyclic amines) is 1. The molecule has 2 aromatic heterocycles. The van der Waals surface area contributed by atoms with Crippen molar-refractivity contribution in [2.45, 2.75) is 37.3 Å². The Hall–Kier alpha value is -3.32. The van der Waals surface area contributed by atoms with Crippen molar-refractivity contribution in [2.24, 2.45) is 0 Å². The maximum atomic E-state index is 12.3. The van der Waals surface area contributed by atoms with Gasteiger partial charge in [-0.3, -0.25) is 14.7 Å². The molecule has 0 radical (unpaired) electrons. The van der Waals surface area contributed by atoms with Crippen molar-refractivity contribution < 1.29 is 9.53 Å². The average Bonchev–Trinajstić information content (AvgIpc) is 3.12. The molecule has 2 saturated heterocycles. The molecule has 158 valence electrons. The summed E-state index contributed by atoms with van der Waals surface area (Å²) < 4.78 is 5.79. The van der Waals surface area contributed by atoms with Crippen LogP contribution in [-0.2, 0) is 11.3 Å². The first kappa shape index (κ1) is 19.6. The Labute approximate surface area is 181 Å². The van der Waals surface area contributed by atoms with E-state index in [1.165, 1.54) is 5.56 Å². The van der Waals surface area contributed by atoms with Crippen LogP contribution in [0.25, 0.3) is 0 Å². The van der Waals surface area contributed by atoms with Crippen LogP contribution in [0.5, 0.6) is 11.8 Å². The Bertz CT molecular complexity index is 1050. The van der Waals surface area contributed by atoms with Crippen molar-refractivity contribution in [2.75, 3.05) is 13.1 Å². The lowest BCUT2D eigenvalue weighted by Gasteiger charge is -2.39. The molecule has 0 aliphatic carbocycles. The molecule has 2 aliphatic rings. The van der Waals surface area contributed by atoms with E-state index < -0.39 is 0 Å². The van der Waals surface area contributed by atoms with Crippen LogP contribution >= 0.6 is 0 Å². The first-order valence-corrected chi connectivity index (χ1v) is 10.7. The van der Waals surface area contributed by atoms with Gasteiger partial charge in [0.25, 0.3) is 0 Å². The van der Waals surface area contributed by atoms with Gasteiger partial charge < -0.3 is 10.1 Å². The number of piperidine rings is 1. The Kier molecular flexibility index (Phi) is 5.34. The molecule has 0 saturated carbocycles. The van der Waals surface area contributed by atoms with Gasteiger partial charge in [0.1, 0.15) is 5.75 Å². The summed E-state index contributed by atoms with van der Waals surface area (Å²) >= 11 is 0. The molecule has 1 spiro atoms. The lowest BCUT2D eigenvalue weighted by Crippen LogP contribution is -2.56. The molecule has 31 heavy (non-hydrogen) atoms. The summed E-state index contributed by atoms with van der Waals surface area (Å²) in [5, 5.41) is 3.36. The smallest absolute Gasteiger partial charge is 0.321 e. The fourth-order valence-electron chi connectivity index (χ4n) is 4.90. The van der Waals surface area contributed by atoms with Gasteiger partial charge in [0, 0.05) is 56.8 Å². The number of benzene rings is 1. The second kappa shape index (κ2) is 8.43. The van der Waals surface area contributed by atoms with Gasteiger partial charge in [-0.15, -0.1) is 0 Å². The highest BCUT2D eigenvalue weighted by atomic mass is 16.5. The van der Waals surface area contributed by atoms with Crippen LogP contribution in [0, 0.1) is 0 Å². The molecular weight excluding hydrogens is 390 g/mol. The Morgan fingerprint density at radius 2 is 1.94 bits per heavy atom. The molecule has 2 atom stereocenters. The average molecular weight is 415 g/mol. The van der Waals surface area contributed by atoms with Gasteiger partial charge in [-0.2, -0.15) is 0 Å². The Morgan fingerprint density at radius 1 is 1.10 bits per heavy atom. The SMILES string of the molecule is O=C1CCC[C@]2(CN(Cc3cccc(Oc4ncccn4)c3)C[C@H]2c2ccncc2)N1. The first-order chi connectivity index (χ1) is 15.2.